The predicted molar refractivity (Wildman–Crippen MR) is 50.6 cm³/mol. The van der Waals surface area contributed by atoms with Gasteiger partial charge in [0.05, 0.1) is 5.54 Å². The van der Waals surface area contributed by atoms with Crippen molar-refractivity contribution in [3.8, 4) is 11.8 Å². The number of hydrogen-bond donors (Lipinski definition) is 1. The second-order valence-electron chi connectivity index (χ2n) is 3.30. The molecule has 2 heteroatoms. The van der Waals surface area contributed by atoms with E-state index in [0.29, 0.717) is 6.42 Å². The first-order valence-electron chi connectivity index (χ1n) is 4.26. The molecule has 0 aliphatic carbocycles. The molecule has 12 heavy (non-hydrogen) atoms. The van der Waals surface area contributed by atoms with Gasteiger partial charge in [0.1, 0.15) is 0 Å². The van der Waals surface area contributed by atoms with E-state index in [-0.39, 0.29) is 11.4 Å². The summed E-state index contributed by atoms with van der Waals surface area (Å²) in [7, 11) is 0. The fourth-order valence-corrected chi connectivity index (χ4v) is 0.982. The average molecular weight is 167 g/mol. The van der Waals surface area contributed by atoms with Crippen molar-refractivity contribution in [1.82, 2.24) is 5.32 Å². The van der Waals surface area contributed by atoms with Gasteiger partial charge in [-0.3, -0.25) is 4.79 Å². The summed E-state index contributed by atoms with van der Waals surface area (Å²) in [5.74, 6) is 5.79. The van der Waals surface area contributed by atoms with Gasteiger partial charge in [-0.1, -0.05) is 12.8 Å². The number of carbonyl (C=O) groups is 1. The van der Waals surface area contributed by atoms with Crippen molar-refractivity contribution >= 4 is 5.91 Å². The normalized spacial score (nSPS) is 10.0. The summed E-state index contributed by atoms with van der Waals surface area (Å²) in [4.78, 5) is 11.2. The van der Waals surface area contributed by atoms with E-state index in [9.17, 15) is 4.79 Å². The number of amides is 1. The molecule has 0 fully saturated rings. The Morgan fingerprint density at radius 1 is 1.50 bits per heavy atom. The molecule has 0 radical (unpaired) electrons. The standard InChI is InChI=1S/C10H17NO/c1-5-7-9(12)11-10(3,4)8-6-2/h5,7H2,1-4H3,(H,11,12). The lowest BCUT2D eigenvalue weighted by atomic mass is 10.1. The Hall–Kier alpha value is -0.970. The van der Waals surface area contributed by atoms with E-state index >= 15 is 0 Å². The van der Waals surface area contributed by atoms with Gasteiger partial charge in [0, 0.05) is 6.42 Å². The minimum atomic E-state index is -0.388. The van der Waals surface area contributed by atoms with Gasteiger partial charge in [0.2, 0.25) is 5.91 Å². The summed E-state index contributed by atoms with van der Waals surface area (Å²) in [6.45, 7) is 7.56. The van der Waals surface area contributed by atoms with Gasteiger partial charge in [0.15, 0.2) is 0 Å². The average Bonchev–Trinajstić information content (AvgIpc) is 1.85. The Morgan fingerprint density at radius 3 is 2.50 bits per heavy atom. The number of nitrogens with one attached hydrogen (secondary N) is 1. The van der Waals surface area contributed by atoms with Gasteiger partial charge in [-0.05, 0) is 27.2 Å². The first kappa shape index (κ1) is 11.0. The van der Waals surface area contributed by atoms with Crippen molar-refractivity contribution in [2.45, 2.75) is 46.1 Å². The molecule has 0 aromatic carbocycles. The Morgan fingerprint density at radius 2 is 2.08 bits per heavy atom. The highest BCUT2D eigenvalue weighted by atomic mass is 16.1. The highest BCUT2D eigenvalue weighted by Crippen LogP contribution is 2.00. The molecule has 0 saturated heterocycles. The van der Waals surface area contributed by atoms with E-state index in [2.05, 4.69) is 17.2 Å². The Bertz CT molecular complexity index is 208. The van der Waals surface area contributed by atoms with Crippen molar-refractivity contribution in [3.05, 3.63) is 0 Å². The molecule has 0 atom stereocenters. The monoisotopic (exact) mass is 167 g/mol. The van der Waals surface area contributed by atoms with Crippen LogP contribution in [-0.4, -0.2) is 11.4 Å². The van der Waals surface area contributed by atoms with Crippen LogP contribution in [0.1, 0.15) is 40.5 Å². The summed E-state index contributed by atoms with van der Waals surface area (Å²) < 4.78 is 0. The van der Waals surface area contributed by atoms with Crippen molar-refractivity contribution in [3.63, 3.8) is 0 Å². The number of hydrogen-bond acceptors (Lipinski definition) is 1. The van der Waals surface area contributed by atoms with Crippen LogP contribution in [0.25, 0.3) is 0 Å². The van der Waals surface area contributed by atoms with E-state index in [4.69, 9.17) is 0 Å². The fourth-order valence-electron chi connectivity index (χ4n) is 0.982. The maximum absolute atomic E-state index is 11.2. The third-order valence-electron chi connectivity index (χ3n) is 1.37. The molecule has 0 rings (SSSR count). The van der Waals surface area contributed by atoms with Gasteiger partial charge in [0.25, 0.3) is 0 Å². The molecule has 0 unspecified atom stereocenters. The molecule has 0 aliphatic rings. The molecule has 0 saturated carbocycles. The maximum Gasteiger partial charge on any atom is 0.221 e. The summed E-state index contributed by atoms with van der Waals surface area (Å²) >= 11 is 0. The smallest absolute Gasteiger partial charge is 0.221 e. The molecule has 2 nitrogen and oxygen atoms in total. The van der Waals surface area contributed by atoms with Gasteiger partial charge in [-0.25, -0.2) is 0 Å². The van der Waals surface area contributed by atoms with Crippen LogP contribution in [0.2, 0.25) is 0 Å². The molecule has 0 aromatic rings. The lowest BCUT2D eigenvalue weighted by molar-refractivity contribution is -0.122. The van der Waals surface area contributed by atoms with Crippen molar-refractivity contribution in [1.29, 1.82) is 0 Å². The second-order valence-corrected chi connectivity index (χ2v) is 3.30. The Kier molecular flexibility index (Phi) is 4.43. The van der Waals surface area contributed by atoms with Crippen LogP contribution in [0.15, 0.2) is 0 Å². The third kappa shape index (κ3) is 4.79. The van der Waals surface area contributed by atoms with Crippen LogP contribution >= 0.6 is 0 Å². The van der Waals surface area contributed by atoms with Gasteiger partial charge in [-0.2, -0.15) is 0 Å². The molecule has 1 amide bonds. The molecule has 0 heterocycles. The van der Waals surface area contributed by atoms with Crippen LogP contribution in [0.5, 0.6) is 0 Å². The van der Waals surface area contributed by atoms with Crippen molar-refractivity contribution in [2.24, 2.45) is 0 Å². The molecular formula is C10H17NO. The molecule has 1 N–H and O–H groups in total. The number of rotatable bonds is 3. The first-order chi connectivity index (χ1) is 5.52. The fraction of sp³-hybridized carbons (Fsp3) is 0.700. The van der Waals surface area contributed by atoms with Gasteiger partial charge >= 0.3 is 0 Å². The molecule has 68 valence electrons. The zero-order valence-electron chi connectivity index (χ0n) is 8.32. The molecule has 0 aromatic heterocycles. The SMILES string of the molecule is CC#CC(C)(C)NC(=O)CCC. The van der Waals surface area contributed by atoms with Crippen LogP contribution in [0.3, 0.4) is 0 Å². The van der Waals surface area contributed by atoms with Gasteiger partial charge in [-0.15, -0.1) is 5.92 Å². The van der Waals surface area contributed by atoms with Gasteiger partial charge < -0.3 is 5.32 Å². The van der Waals surface area contributed by atoms with E-state index < -0.39 is 0 Å². The van der Waals surface area contributed by atoms with Crippen LogP contribution in [0.4, 0.5) is 0 Å². The minimum Gasteiger partial charge on any atom is -0.340 e. The van der Waals surface area contributed by atoms with E-state index in [0.717, 1.165) is 6.42 Å². The van der Waals surface area contributed by atoms with E-state index in [1.807, 2.05) is 20.8 Å². The van der Waals surface area contributed by atoms with Crippen molar-refractivity contribution < 1.29 is 4.79 Å². The topological polar surface area (TPSA) is 29.1 Å². The van der Waals surface area contributed by atoms with E-state index in [1.54, 1.807) is 6.92 Å². The van der Waals surface area contributed by atoms with Crippen LogP contribution < -0.4 is 5.32 Å². The molecule has 0 aliphatic heterocycles. The molecular weight excluding hydrogens is 150 g/mol. The predicted octanol–water partition coefficient (Wildman–Crippen LogP) is 1.70. The van der Waals surface area contributed by atoms with Crippen molar-refractivity contribution in [2.75, 3.05) is 0 Å². The Labute approximate surface area is 74.7 Å². The molecule has 0 spiro atoms. The minimum absolute atomic E-state index is 0.0743. The highest BCUT2D eigenvalue weighted by molar-refractivity contribution is 5.77. The number of carbonyl (C=O) groups excluding carboxylic acids is 1. The zero-order chi connectivity index (χ0) is 9.61. The maximum atomic E-state index is 11.2. The summed E-state index contributed by atoms with van der Waals surface area (Å²) in [5, 5.41) is 2.85. The summed E-state index contributed by atoms with van der Waals surface area (Å²) in [6, 6.07) is 0. The summed E-state index contributed by atoms with van der Waals surface area (Å²) in [6.07, 6.45) is 1.45. The zero-order valence-corrected chi connectivity index (χ0v) is 8.32. The quantitative estimate of drug-likeness (QED) is 0.637. The van der Waals surface area contributed by atoms with Crippen LogP contribution in [0, 0.1) is 11.8 Å². The largest absolute Gasteiger partial charge is 0.340 e. The molecule has 0 bridgehead atoms. The lowest BCUT2D eigenvalue weighted by Gasteiger charge is -2.19. The highest BCUT2D eigenvalue weighted by Gasteiger charge is 2.15. The van der Waals surface area contributed by atoms with E-state index in [1.165, 1.54) is 0 Å². The second kappa shape index (κ2) is 4.82. The first-order valence-corrected chi connectivity index (χ1v) is 4.26. The third-order valence-corrected chi connectivity index (χ3v) is 1.37. The Balaban J connectivity index is 4.02. The summed E-state index contributed by atoms with van der Waals surface area (Å²) in [5.41, 5.74) is -0.388. The van der Waals surface area contributed by atoms with Crippen LogP contribution in [-0.2, 0) is 4.79 Å². The lowest BCUT2D eigenvalue weighted by Crippen LogP contribution is -2.42.